The third kappa shape index (κ3) is 2.04. The van der Waals surface area contributed by atoms with Gasteiger partial charge in [-0.1, -0.05) is 31.2 Å². The van der Waals surface area contributed by atoms with E-state index in [1.165, 1.54) is 21.6 Å². The summed E-state index contributed by atoms with van der Waals surface area (Å²) in [6.07, 6.45) is 1.05. The van der Waals surface area contributed by atoms with Crippen LogP contribution in [0.3, 0.4) is 0 Å². The third-order valence-electron chi connectivity index (χ3n) is 2.97. The molecule has 16 heavy (non-hydrogen) atoms. The summed E-state index contributed by atoms with van der Waals surface area (Å²) in [7, 11) is 0. The number of thiophene rings is 1. The standard InChI is InChI=1S/C14H17NS/c1-3-11-8-9-16-14(11)13(15)12-7-5-4-6-10(12)2/h4-9,13H,3,15H2,1-2H3. The quantitative estimate of drug-likeness (QED) is 0.857. The van der Waals surface area contributed by atoms with Gasteiger partial charge in [0.2, 0.25) is 0 Å². The van der Waals surface area contributed by atoms with Crippen LogP contribution in [0.15, 0.2) is 35.7 Å². The van der Waals surface area contributed by atoms with Crippen molar-refractivity contribution >= 4 is 11.3 Å². The fraction of sp³-hybridized carbons (Fsp3) is 0.286. The molecular formula is C14H17NS. The summed E-state index contributed by atoms with van der Waals surface area (Å²) >= 11 is 1.76. The number of hydrogen-bond donors (Lipinski definition) is 1. The Labute approximate surface area is 101 Å². The molecule has 0 aliphatic carbocycles. The van der Waals surface area contributed by atoms with E-state index in [2.05, 4.69) is 49.6 Å². The molecule has 0 aliphatic rings. The normalized spacial score (nSPS) is 12.7. The zero-order valence-electron chi connectivity index (χ0n) is 9.73. The maximum Gasteiger partial charge on any atom is 0.0651 e. The summed E-state index contributed by atoms with van der Waals surface area (Å²) in [6.45, 7) is 4.30. The smallest absolute Gasteiger partial charge is 0.0651 e. The van der Waals surface area contributed by atoms with Crippen molar-refractivity contribution in [2.45, 2.75) is 26.3 Å². The van der Waals surface area contributed by atoms with Gasteiger partial charge in [0.1, 0.15) is 0 Å². The minimum atomic E-state index is 0.0242. The van der Waals surface area contributed by atoms with E-state index >= 15 is 0 Å². The minimum Gasteiger partial charge on any atom is -0.320 e. The Balaban J connectivity index is 2.39. The van der Waals surface area contributed by atoms with Gasteiger partial charge >= 0.3 is 0 Å². The maximum atomic E-state index is 6.35. The molecule has 2 aromatic rings. The first-order chi connectivity index (χ1) is 7.74. The first-order valence-electron chi connectivity index (χ1n) is 5.61. The predicted molar refractivity (Wildman–Crippen MR) is 70.9 cm³/mol. The molecule has 0 bridgehead atoms. The van der Waals surface area contributed by atoms with E-state index in [1.54, 1.807) is 11.3 Å². The topological polar surface area (TPSA) is 26.0 Å². The van der Waals surface area contributed by atoms with E-state index in [1.807, 2.05) is 0 Å². The van der Waals surface area contributed by atoms with E-state index in [-0.39, 0.29) is 6.04 Å². The third-order valence-corrected chi connectivity index (χ3v) is 4.01. The molecule has 0 fully saturated rings. The number of hydrogen-bond acceptors (Lipinski definition) is 2. The Kier molecular flexibility index (Phi) is 3.42. The van der Waals surface area contributed by atoms with Gasteiger partial charge in [-0.2, -0.15) is 0 Å². The van der Waals surface area contributed by atoms with Crippen molar-refractivity contribution in [2.75, 3.05) is 0 Å². The van der Waals surface area contributed by atoms with Crippen molar-refractivity contribution < 1.29 is 0 Å². The molecule has 0 saturated heterocycles. The molecule has 0 aliphatic heterocycles. The van der Waals surface area contributed by atoms with Crippen LogP contribution in [0.5, 0.6) is 0 Å². The molecule has 1 nitrogen and oxygen atoms in total. The van der Waals surface area contributed by atoms with Crippen molar-refractivity contribution in [3.63, 3.8) is 0 Å². The summed E-state index contributed by atoms with van der Waals surface area (Å²) in [6, 6.07) is 10.6. The number of nitrogens with two attached hydrogens (primary N) is 1. The molecule has 1 heterocycles. The van der Waals surface area contributed by atoms with E-state index in [0.717, 1.165) is 6.42 Å². The summed E-state index contributed by atoms with van der Waals surface area (Å²) in [4.78, 5) is 1.30. The highest BCUT2D eigenvalue weighted by Crippen LogP contribution is 2.29. The number of aryl methyl sites for hydroxylation is 2. The van der Waals surface area contributed by atoms with Crippen molar-refractivity contribution in [1.29, 1.82) is 0 Å². The van der Waals surface area contributed by atoms with Gasteiger partial charge in [0, 0.05) is 4.88 Å². The van der Waals surface area contributed by atoms with Gasteiger partial charge in [-0.3, -0.25) is 0 Å². The van der Waals surface area contributed by atoms with Crippen LogP contribution < -0.4 is 5.73 Å². The van der Waals surface area contributed by atoms with Gasteiger partial charge in [-0.15, -0.1) is 11.3 Å². The van der Waals surface area contributed by atoms with Crippen molar-refractivity contribution in [1.82, 2.24) is 0 Å². The Morgan fingerprint density at radius 1 is 1.25 bits per heavy atom. The van der Waals surface area contributed by atoms with Crippen LogP contribution in [0.1, 0.15) is 34.5 Å². The van der Waals surface area contributed by atoms with Gasteiger partial charge in [0.05, 0.1) is 6.04 Å². The molecule has 1 unspecified atom stereocenters. The Bertz CT molecular complexity index is 473. The van der Waals surface area contributed by atoms with Gasteiger partial charge in [0.15, 0.2) is 0 Å². The molecule has 0 radical (unpaired) electrons. The monoisotopic (exact) mass is 231 g/mol. The molecule has 2 heteroatoms. The lowest BCUT2D eigenvalue weighted by atomic mass is 9.98. The lowest BCUT2D eigenvalue weighted by molar-refractivity contribution is 0.865. The van der Waals surface area contributed by atoms with Crippen molar-refractivity contribution in [2.24, 2.45) is 5.73 Å². The molecule has 2 rings (SSSR count). The van der Waals surface area contributed by atoms with Gasteiger partial charge in [-0.25, -0.2) is 0 Å². The van der Waals surface area contributed by atoms with E-state index in [9.17, 15) is 0 Å². The first-order valence-corrected chi connectivity index (χ1v) is 6.49. The zero-order valence-corrected chi connectivity index (χ0v) is 10.6. The van der Waals surface area contributed by atoms with E-state index in [4.69, 9.17) is 5.73 Å². The maximum absolute atomic E-state index is 6.35. The van der Waals surface area contributed by atoms with E-state index < -0.39 is 0 Å². The molecule has 0 spiro atoms. The Morgan fingerprint density at radius 3 is 2.69 bits per heavy atom. The van der Waals surface area contributed by atoms with Gasteiger partial charge < -0.3 is 5.73 Å². The zero-order chi connectivity index (χ0) is 11.5. The van der Waals surface area contributed by atoms with E-state index in [0.29, 0.717) is 0 Å². The highest BCUT2D eigenvalue weighted by atomic mass is 32.1. The molecule has 2 N–H and O–H groups in total. The second-order valence-electron chi connectivity index (χ2n) is 4.00. The summed E-state index contributed by atoms with van der Waals surface area (Å²) < 4.78 is 0. The molecule has 0 amide bonds. The van der Waals surface area contributed by atoms with Crippen LogP contribution in [0, 0.1) is 6.92 Å². The predicted octanol–water partition coefficient (Wildman–Crippen LogP) is 3.67. The molecule has 1 atom stereocenters. The SMILES string of the molecule is CCc1ccsc1C(N)c1ccccc1C. The number of rotatable bonds is 3. The Morgan fingerprint density at radius 2 is 2.00 bits per heavy atom. The van der Waals surface area contributed by atoms with Gasteiger partial charge in [-0.05, 0) is 41.5 Å². The number of benzene rings is 1. The molecule has 0 saturated carbocycles. The van der Waals surface area contributed by atoms with Crippen LogP contribution in [0.25, 0.3) is 0 Å². The summed E-state index contributed by atoms with van der Waals surface area (Å²) in [5, 5.41) is 2.13. The highest BCUT2D eigenvalue weighted by Gasteiger charge is 2.15. The lowest BCUT2D eigenvalue weighted by Crippen LogP contribution is -2.13. The average molecular weight is 231 g/mol. The van der Waals surface area contributed by atoms with Crippen LogP contribution in [-0.2, 0) is 6.42 Å². The van der Waals surface area contributed by atoms with Crippen LogP contribution >= 0.6 is 11.3 Å². The fourth-order valence-corrected chi connectivity index (χ4v) is 3.01. The first kappa shape index (κ1) is 11.4. The summed E-state index contributed by atoms with van der Waals surface area (Å²) in [5.74, 6) is 0. The van der Waals surface area contributed by atoms with Crippen molar-refractivity contribution in [3.8, 4) is 0 Å². The lowest BCUT2D eigenvalue weighted by Gasteiger charge is -2.14. The molecule has 84 valence electrons. The fourth-order valence-electron chi connectivity index (χ4n) is 1.99. The summed E-state index contributed by atoms with van der Waals surface area (Å²) in [5.41, 5.74) is 10.2. The van der Waals surface area contributed by atoms with Crippen LogP contribution in [-0.4, -0.2) is 0 Å². The average Bonchev–Trinajstić information content (AvgIpc) is 2.77. The molecule has 1 aromatic carbocycles. The molecular weight excluding hydrogens is 214 g/mol. The minimum absolute atomic E-state index is 0.0242. The van der Waals surface area contributed by atoms with Crippen LogP contribution in [0.4, 0.5) is 0 Å². The second kappa shape index (κ2) is 4.81. The van der Waals surface area contributed by atoms with Crippen molar-refractivity contribution in [3.05, 3.63) is 57.3 Å². The molecule has 1 aromatic heterocycles. The van der Waals surface area contributed by atoms with Gasteiger partial charge in [0.25, 0.3) is 0 Å². The largest absolute Gasteiger partial charge is 0.320 e. The van der Waals surface area contributed by atoms with Crippen LogP contribution in [0.2, 0.25) is 0 Å². The second-order valence-corrected chi connectivity index (χ2v) is 4.95. The highest BCUT2D eigenvalue weighted by molar-refractivity contribution is 7.10. The Hall–Kier alpha value is -1.12.